The summed E-state index contributed by atoms with van der Waals surface area (Å²) in [5, 5.41) is 15.9. The molecule has 0 bridgehead atoms. The average Bonchev–Trinajstić information content (AvgIpc) is 3.48. The Kier molecular flexibility index (Phi) is 6.53. The summed E-state index contributed by atoms with van der Waals surface area (Å²) in [6, 6.07) is 14.7. The third-order valence-electron chi connectivity index (χ3n) is 5.20. The molecule has 1 atom stereocenters. The minimum Gasteiger partial charge on any atom is -0.495 e. The molecule has 0 fully saturated rings. The van der Waals surface area contributed by atoms with Crippen LogP contribution < -0.4 is 19.5 Å². The van der Waals surface area contributed by atoms with Crippen LogP contribution in [0.15, 0.2) is 58.2 Å². The van der Waals surface area contributed by atoms with Crippen molar-refractivity contribution in [1.29, 1.82) is 0 Å². The molecular weight excluding hydrogens is 472 g/mol. The van der Waals surface area contributed by atoms with Crippen LogP contribution in [0.4, 0.5) is 5.69 Å². The van der Waals surface area contributed by atoms with E-state index in [9.17, 15) is 4.79 Å². The Hall–Kier alpha value is -4.06. The van der Waals surface area contributed by atoms with Gasteiger partial charge in [-0.25, -0.2) is 0 Å². The highest BCUT2D eigenvalue weighted by Crippen LogP contribution is 2.36. The molecule has 180 valence electrons. The number of carbonyl (C=O) groups excluding carboxylic acids is 1. The summed E-state index contributed by atoms with van der Waals surface area (Å²) in [5.74, 6) is 3.38. The molecule has 2 aromatic carbocycles. The number of amides is 1. The van der Waals surface area contributed by atoms with E-state index in [4.69, 9.17) is 18.7 Å². The average molecular weight is 495 g/mol. The maximum Gasteiger partial charge on any atom is 0.237 e. The van der Waals surface area contributed by atoms with Crippen LogP contribution in [0.3, 0.4) is 0 Å². The van der Waals surface area contributed by atoms with Crippen LogP contribution in [0.2, 0.25) is 0 Å². The smallest absolute Gasteiger partial charge is 0.237 e. The minimum atomic E-state index is -0.367. The van der Waals surface area contributed by atoms with Crippen molar-refractivity contribution < 1.29 is 23.5 Å². The number of rotatable bonds is 8. The first-order chi connectivity index (χ1) is 17.1. The highest BCUT2D eigenvalue weighted by Gasteiger charge is 2.27. The zero-order valence-electron chi connectivity index (χ0n) is 19.0. The molecule has 12 heteroatoms. The normalized spacial score (nSPS) is 14.5. The lowest BCUT2D eigenvalue weighted by molar-refractivity contribution is -0.115. The largest absolute Gasteiger partial charge is 0.495 e. The van der Waals surface area contributed by atoms with E-state index in [1.807, 2.05) is 48.0 Å². The molecule has 3 heterocycles. The third kappa shape index (κ3) is 5.06. The van der Waals surface area contributed by atoms with Crippen LogP contribution in [0, 0.1) is 0 Å². The lowest BCUT2D eigenvalue weighted by Gasteiger charge is -2.25. The topological polar surface area (TPSA) is 126 Å². The second kappa shape index (κ2) is 10.1. The van der Waals surface area contributed by atoms with E-state index >= 15 is 0 Å². The zero-order valence-corrected chi connectivity index (χ0v) is 19.8. The van der Waals surface area contributed by atoms with Gasteiger partial charge in [-0.1, -0.05) is 41.2 Å². The SMILES string of the molecule is COc1ccccc1NC(=O)Cc1noc(CSc2nnc(C3COc4ccccc4O3)n2C)n1. The van der Waals surface area contributed by atoms with Gasteiger partial charge in [0.2, 0.25) is 11.8 Å². The number of ether oxygens (including phenoxy) is 3. The van der Waals surface area contributed by atoms with Crippen molar-refractivity contribution in [2.24, 2.45) is 7.05 Å². The van der Waals surface area contributed by atoms with Gasteiger partial charge in [-0.15, -0.1) is 10.2 Å². The van der Waals surface area contributed by atoms with Crippen molar-refractivity contribution in [3.05, 3.63) is 66.1 Å². The monoisotopic (exact) mass is 494 g/mol. The predicted octanol–water partition coefficient (Wildman–Crippen LogP) is 3.19. The van der Waals surface area contributed by atoms with E-state index in [1.54, 1.807) is 19.2 Å². The van der Waals surface area contributed by atoms with Gasteiger partial charge in [0.25, 0.3) is 0 Å². The van der Waals surface area contributed by atoms with Gasteiger partial charge in [0, 0.05) is 7.05 Å². The van der Waals surface area contributed by atoms with Crippen molar-refractivity contribution in [2.45, 2.75) is 23.4 Å². The highest BCUT2D eigenvalue weighted by atomic mass is 32.2. The zero-order chi connectivity index (χ0) is 24.2. The molecule has 0 saturated carbocycles. The number of fused-ring (bicyclic) bond motifs is 1. The van der Waals surface area contributed by atoms with Gasteiger partial charge in [0.1, 0.15) is 12.4 Å². The Morgan fingerprint density at radius 1 is 1.17 bits per heavy atom. The molecule has 2 aromatic heterocycles. The maximum atomic E-state index is 12.4. The number of anilines is 1. The van der Waals surface area contributed by atoms with E-state index in [0.29, 0.717) is 52.2 Å². The number of carbonyl (C=O) groups is 1. The first kappa shape index (κ1) is 22.7. The van der Waals surface area contributed by atoms with Crippen LogP contribution in [-0.4, -0.2) is 44.5 Å². The third-order valence-corrected chi connectivity index (χ3v) is 6.20. The molecule has 1 N–H and O–H groups in total. The standard InChI is InChI=1S/C23H22N6O5S/c1-29-22(18-12-32-16-9-5-6-10-17(16)33-18)26-27-23(29)35-13-21-25-19(28-34-21)11-20(30)24-14-7-3-4-8-15(14)31-2/h3-10,18H,11-13H2,1-2H3,(H,24,30). The molecule has 1 aliphatic rings. The molecule has 11 nitrogen and oxygen atoms in total. The summed E-state index contributed by atoms with van der Waals surface area (Å²) < 4.78 is 24.2. The van der Waals surface area contributed by atoms with Crippen LogP contribution >= 0.6 is 11.8 Å². The summed E-state index contributed by atoms with van der Waals surface area (Å²) in [4.78, 5) is 16.7. The van der Waals surface area contributed by atoms with Crippen LogP contribution in [-0.2, 0) is 24.0 Å². The Morgan fingerprint density at radius 2 is 1.97 bits per heavy atom. The lowest BCUT2D eigenvalue weighted by atomic mass is 10.2. The number of benzene rings is 2. The summed E-state index contributed by atoms with van der Waals surface area (Å²) >= 11 is 1.39. The van der Waals surface area contributed by atoms with Gasteiger partial charge in [-0.05, 0) is 24.3 Å². The van der Waals surface area contributed by atoms with Gasteiger partial charge < -0.3 is 28.6 Å². The highest BCUT2D eigenvalue weighted by molar-refractivity contribution is 7.98. The van der Waals surface area contributed by atoms with E-state index in [-0.39, 0.29) is 24.3 Å². The van der Waals surface area contributed by atoms with E-state index in [2.05, 4.69) is 25.7 Å². The van der Waals surface area contributed by atoms with Gasteiger partial charge >= 0.3 is 0 Å². The van der Waals surface area contributed by atoms with Crippen LogP contribution in [0.5, 0.6) is 17.2 Å². The maximum absolute atomic E-state index is 12.4. The van der Waals surface area contributed by atoms with Gasteiger partial charge in [-0.3, -0.25) is 4.79 Å². The van der Waals surface area contributed by atoms with E-state index in [0.717, 1.165) is 0 Å². The quantitative estimate of drug-likeness (QED) is 0.365. The van der Waals surface area contributed by atoms with E-state index < -0.39 is 0 Å². The molecule has 1 unspecified atom stereocenters. The van der Waals surface area contributed by atoms with Crippen molar-refractivity contribution in [1.82, 2.24) is 24.9 Å². The fraction of sp³-hybridized carbons (Fsp3) is 0.261. The summed E-state index contributed by atoms with van der Waals surface area (Å²) in [6.45, 7) is 0.345. The Balaban J connectivity index is 1.17. The summed E-state index contributed by atoms with van der Waals surface area (Å²) in [5.41, 5.74) is 0.577. The Labute approximate surface area is 204 Å². The lowest BCUT2D eigenvalue weighted by Crippen LogP contribution is -2.24. The molecule has 0 radical (unpaired) electrons. The van der Waals surface area contributed by atoms with Crippen molar-refractivity contribution in [2.75, 3.05) is 19.0 Å². The first-order valence-electron chi connectivity index (χ1n) is 10.8. The number of hydrogen-bond donors (Lipinski definition) is 1. The van der Waals surface area contributed by atoms with Gasteiger partial charge in [0.05, 0.1) is 25.0 Å². The molecule has 0 saturated heterocycles. The summed E-state index contributed by atoms with van der Waals surface area (Å²) in [7, 11) is 3.41. The van der Waals surface area contributed by atoms with Crippen molar-refractivity contribution in [3.8, 4) is 17.2 Å². The molecule has 35 heavy (non-hydrogen) atoms. The Bertz CT molecular complexity index is 1340. The molecule has 1 aliphatic heterocycles. The fourth-order valence-corrected chi connectivity index (χ4v) is 4.27. The number of thioether (sulfide) groups is 1. The molecule has 1 amide bonds. The predicted molar refractivity (Wildman–Crippen MR) is 125 cm³/mol. The van der Waals surface area contributed by atoms with Crippen LogP contribution in [0.25, 0.3) is 0 Å². The molecule has 4 aromatic rings. The molecule has 0 spiro atoms. The van der Waals surface area contributed by atoms with Gasteiger partial charge in [-0.2, -0.15) is 4.98 Å². The second-order valence-electron chi connectivity index (χ2n) is 7.58. The van der Waals surface area contributed by atoms with E-state index in [1.165, 1.54) is 11.8 Å². The Morgan fingerprint density at radius 3 is 2.83 bits per heavy atom. The molecule has 5 rings (SSSR count). The van der Waals surface area contributed by atoms with Gasteiger partial charge in [0.15, 0.2) is 34.4 Å². The number of hydrogen-bond acceptors (Lipinski definition) is 10. The molecular formula is C23H22N6O5S. The number of aromatic nitrogens is 5. The number of para-hydroxylation sites is 4. The van der Waals surface area contributed by atoms with Crippen molar-refractivity contribution >= 4 is 23.4 Å². The number of nitrogens with one attached hydrogen (secondary N) is 1. The molecule has 0 aliphatic carbocycles. The number of methoxy groups -OCH3 is 1. The van der Waals surface area contributed by atoms with Crippen LogP contribution in [0.1, 0.15) is 23.6 Å². The first-order valence-corrected chi connectivity index (χ1v) is 11.7. The second-order valence-corrected chi connectivity index (χ2v) is 8.52. The summed E-state index contributed by atoms with van der Waals surface area (Å²) in [6.07, 6.45) is -0.394. The minimum absolute atomic E-state index is 0.0270. The van der Waals surface area contributed by atoms with Crippen molar-refractivity contribution in [3.63, 3.8) is 0 Å². The fourth-order valence-electron chi connectivity index (χ4n) is 3.51. The number of nitrogens with zero attached hydrogens (tertiary/aromatic N) is 5.